The maximum atomic E-state index is 11.6. The number of morpholine rings is 1. The number of hydrogen-bond donors (Lipinski definition) is 1. The van der Waals surface area contributed by atoms with Crippen molar-refractivity contribution in [3.8, 4) is 11.3 Å². The predicted octanol–water partition coefficient (Wildman–Crippen LogP) is 1.36. The summed E-state index contributed by atoms with van der Waals surface area (Å²) in [6.45, 7) is 4.11. The van der Waals surface area contributed by atoms with Crippen LogP contribution in [-0.4, -0.2) is 68.4 Å². The van der Waals surface area contributed by atoms with E-state index in [-0.39, 0.29) is 5.56 Å². The van der Waals surface area contributed by atoms with Crippen LogP contribution in [0.1, 0.15) is 16.2 Å². The van der Waals surface area contributed by atoms with Gasteiger partial charge in [-0.15, -0.1) is 0 Å². The van der Waals surface area contributed by atoms with Crippen LogP contribution in [0.15, 0.2) is 36.7 Å². The first-order valence-corrected chi connectivity index (χ1v) is 8.55. The van der Waals surface area contributed by atoms with E-state index in [9.17, 15) is 9.90 Å². The molecule has 134 valence electrons. The molecule has 26 heavy (non-hydrogen) atoms. The molecule has 0 unspecified atom stereocenters. The van der Waals surface area contributed by atoms with Crippen molar-refractivity contribution < 1.29 is 14.6 Å². The van der Waals surface area contributed by atoms with Crippen molar-refractivity contribution in [1.82, 2.24) is 24.5 Å². The number of aromatic nitrogens is 4. The van der Waals surface area contributed by atoms with E-state index in [1.807, 2.05) is 12.1 Å². The van der Waals surface area contributed by atoms with Crippen LogP contribution in [-0.2, 0) is 11.2 Å². The van der Waals surface area contributed by atoms with Gasteiger partial charge in [-0.2, -0.15) is 5.10 Å². The van der Waals surface area contributed by atoms with Gasteiger partial charge in [0, 0.05) is 44.0 Å². The largest absolute Gasteiger partial charge is 0.478 e. The molecule has 3 aromatic heterocycles. The molecular formula is C18H19N5O3. The third-order valence-corrected chi connectivity index (χ3v) is 4.49. The van der Waals surface area contributed by atoms with Gasteiger partial charge in [0.1, 0.15) is 5.56 Å². The Morgan fingerprint density at radius 2 is 1.92 bits per heavy atom. The minimum Gasteiger partial charge on any atom is -0.478 e. The highest BCUT2D eigenvalue weighted by Gasteiger charge is 2.18. The van der Waals surface area contributed by atoms with E-state index in [1.165, 1.54) is 0 Å². The number of carboxylic acid groups (broad SMARTS) is 1. The molecule has 0 saturated carbocycles. The highest BCUT2D eigenvalue weighted by molar-refractivity contribution is 5.95. The number of rotatable bonds is 5. The molecule has 8 nitrogen and oxygen atoms in total. The molecule has 1 fully saturated rings. The molecule has 0 amide bonds. The monoisotopic (exact) mass is 353 g/mol. The quantitative estimate of drug-likeness (QED) is 0.740. The zero-order valence-corrected chi connectivity index (χ0v) is 14.2. The van der Waals surface area contributed by atoms with E-state index in [1.54, 1.807) is 29.0 Å². The molecular weight excluding hydrogens is 334 g/mol. The predicted molar refractivity (Wildman–Crippen MR) is 94.1 cm³/mol. The molecule has 0 aliphatic carbocycles. The fourth-order valence-electron chi connectivity index (χ4n) is 3.10. The van der Waals surface area contributed by atoms with Crippen molar-refractivity contribution in [2.45, 2.75) is 6.42 Å². The van der Waals surface area contributed by atoms with Gasteiger partial charge in [-0.05, 0) is 24.3 Å². The summed E-state index contributed by atoms with van der Waals surface area (Å²) in [4.78, 5) is 22.4. The molecule has 8 heteroatoms. The SMILES string of the molecule is O=C(O)c1ccc(-c2ccncc2)n2nc(CCN3CCOCC3)nc12. The summed E-state index contributed by atoms with van der Waals surface area (Å²) < 4.78 is 6.98. The number of pyridine rings is 2. The Kier molecular flexibility index (Phi) is 4.59. The molecule has 1 N–H and O–H groups in total. The minimum atomic E-state index is -1.01. The number of hydrogen-bond acceptors (Lipinski definition) is 6. The summed E-state index contributed by atoms with van der Waals surface area (Å²) in [7, 11) is 0. The van der Waals surface area contributed by atoms with Gasteiger partial charge < -0.3 is 9.84 Å². The van der Waals surface area contributed by atoms with Gasteiger partial charge in [0.25, 0.3) is 0 Å². The molecule has 0 spiro atoms. The lowest BCUT2D eigenvalue weighted by atomic mass is 10.1. The van der Waals surface area contributed by atoms with E-state index in [4.69, 9.17) is 4.74 Å². The Bertz CT molecular complexity index is 919. The lowest BCUT2D eigenvalue weighted by molar-refractivity contribution is 0.0382. The number of aromatic carboxylic acids is 1. The summed E-state index contributed by atoms with van der Waals surface area (Å²) in [6, 6.07) is 7.06. The minimum absolute atomic E-state index is 0.146. The molecule has 1 aliphatic heterocycles. The van der Waals surface area contributed by atoms with Crippen LogP contribution in [0, 0.1) is 0 Å². The highest BCUT2D eigenvalue weighted by atomic mass is 16.5. The van der Waals surface area contributed by atoms with E-state index < -0.39 is 5.97 Å². The van der Waals surface area contributed by atoms with E-state index >= 15 is 0 Å². The van der Waals surface area contributed by atoms with Gasteiger partial charge >= 0.3 is 5.97 Å². The van der Waals surface area contributed by atoms with Gasteiger partial charge in [0.2, 0.25) is 0 Å². The first-order chi connectivity index (χ1) is 12.7. The number of carboxylic acids is 1. The number of nitrogens with zero attached hydrogens (tertiary/aromatic N) is 5. The summed E-state index contributed by atoms with van der Waals surface area (Å²) >= 11 is 0. The average molecular weight is 353 g/mol. The Morgan fingerprint density at radius 3 is 2.65 bits per heavy atom. The molecule has 3 aromatic rings. The Balaban J connectivity index is 1.69. The van der Waals surface area contributed by atoms with Gasteiger partial charge in [0.15, 0.2) is 11.5 Å². The summed E-state index contributed by atoms with van der Waals surface area (Å²) in [5.41, 5.74) is 2.21. The Morgan fingerprint density at radius 1 is 1.15 bits per heavy atom. The van der Waals surface area contributed by atoms with Gasteiger partial charge in [0.05, 0.1) is 18.9 Å². The average Bonchev–Trinajstić information content (AvgIpc) is 3.11. The fourth-order valence-corrected chi connectivity index (χ4v) is 3.10. The molecule has 1 aliphatic rings. The first-order valence-electron chi connectivity index (χ1n) is 8.55. The maximum absolute atomic E-state index is 11.6. The lowest BCUT2D eigenvalue weighted by Gasteiger charge is -2.25. The van der Waals surface area contributed by atoms with Crippen LogP contribution in [0.3, 0.4) is 0 Å². The third kappa shape index (κ3) is 3.29. The van der Waals surface area contributed by atoms with Crippen LogP contribution in [0.25, 0.3) is 16.9 Å². The van der Waals surface area contributed by atoms with Crippen LogP contribution >= 0.6 is 0 Å². The van der Waals surface area contributed by atoms with Crippen molar-refractivity contribution in [3.63, 3.8) is 0 Å². The Hall–Kier alpha value is -2.84. The first kappa shape index (κ1) is 16.6. The summed E-state index contributed by atoms with van der Waals surface area (Å²) in [5, 5.41) is 14.1. The third-order valence-electron chi connectivity index (χ3n) is 4.49. The van der Waals surface area contributed by atoms with Crippen molar-refractivity contribution in [2.75, 3.05) is 32.8 Å². The number of carbonyl (C=O) groups is 1. The zero-order valence-electron chi connectivity index (χ0n) is 14.2. The van der Waals surface area contributed by atoms with Crippen molar-refractivity contribution >= 4 is 11.6 Å². The molecule has 4 rings (SSSR count). The van der Waals surface area contributed by atoms with Crippen LogP contribution in [0.2, 0.25) is 0 Å². The number of fused-ring (bicyclic) bond motifs is 1. The second-order valence-corrected chi connectivity index (χ2v) is 6.14. The molecule has 4 heterocycles. The molecule has 0 aromatic carbocycles. The van der Waals surface area contributed by atoms with Crippen LogP contribution in [0.5, 0.6) is 0 Å². The standard InChI is InChI=1S/C18H19N5O3/c24-18(25)14-1-2-15(13-3-6-19-7-4-13)23-17(14)20-16(21-23)5-8-22-9-11-26-12-10-22/h1-4,6-7H,5,8-12H2,(H,24,25). The smallest absolute Gasteiger partial charge is 0.339 e. The Labute approximate surface area is 150 Å². The molecule has 0 atom stereocenters. The van der Waals surface area contributed by atoms with Crippen LogP contribution < -0.4 is 0 Å². The van der Waals surface area contributed by atoms with Gasteiger partial charge in [-0.1, -0.05) is 0 Å². The van der Waals surface area contributed by atoms with E-state index in [0.29, 0.717) is 17.9 Å². The van der Waals surface area contributed by atoms with Crippen molar-refractivity contribution in [1.29, 1.82) is 0 Å². The van der Waals surface area contributed by atoms with Crippen LogP contribution in [0.4, 0.5) is 0 Å². The van der Waals surface area contributed by atoms with Crippen molar-refractivity contribution in [2.24, 2.45) is 0 Å². The summed E-state index contributed by atoms with van der Waals surface area (Å²) in [6.07, 6.45) is 4.06. The summed E-state index contributed by atoms with van der Waals surface area (Å²) in [5.74, 6) is -0.371. The van der Waals surface area contributed by atoms with Gasteiger partial charge in [-0.3, -0.25) is 9.88 Å². The normalized spacial score (nSPS) is 15.4. The second-order valence-electron chi connectivity index (χ2n) is 6.14. The zero-order chi connectivity index (χ0) is 17.9. The van der Waals surface area contributed by atoms with Crippen molar-refractivity contribution in [3.05, 3.63) is 48.0 Å². The number of ether oxygens (including phenoxy) is 1. The lowest BCUT2D eigenvalue weighted by Crippen LogP contribution is -2.37. The van der Waals surface area contributed by atoms with E-state index in [2.05, 4.69) is 20.0 Å². The highest BCUT2D eigenvalue weighted by Crippen LogP contribution is 2.22. The molecule has 0 radical (unpaired) electrons. The molecule has 1 saturated heterocycles. The maximum Gasteiger partial charge on any atom is 0.339 e. The topological polar surface area (TPSA) is 92.8 Å². The molecule has 0 bridgehead atoms. The second kappa shape index (κ2) is 7.19. The fraction of sp³-hybridized carbons (Fsp3) is 0.333. The van der Waals surface area contributed by atoms with E-state index in [0.717, 1.165) is 44.1 Å². The van der Waals surface area contributed by atoms with Gasteiger partial charge in [-0.25, -0.2) is 14.3 Å².